The third-order valence-electron chi connectivity index (χ3n) is 9.23. The fraction of sp³-hybridized carbons (Fsp3) is 0.211. The molecule has 2 aliphatic rings. The van der Waals surface area contributed by atoms with Gasteiger partial charge in [0, 0.05) is 60.8 Å². The Balaban J connectivity index is 1.21. The molecular formula is C38H36BrN5O2. The zero-order valence-corrected chi connectivity index (χ0v) is 27.4. The first-order chi connectivity index (χ1) is 22.4. The zero-order chi connectivity index (χ0) is 31.8. The number of carbonyl (C=O) groups is 2. The number of rotatable bonds is 6. The van der Waals surface area contributed by atoms with Gasteiger partial charge in [0.2, 0.25) is 5.91 Å². The van der Waals surface area contributed by atoms with Crippen LogP contribution in [0.5, 0.6) is 0 Å². The Labute approximate surface area is 278 Å². The normalized spacial score (nSPS) is 15.2. The van der Waals surface area contributed by atoms with Crippen molar-refractivity contribution in [1.29, 1.82) is 0 Å². The molecule has 0 radical (unpaired) electrons. The molecule has 0 spiro atoms. The fourth-order valence-electron chi connectivity index (χ4n) is 6.70. The van der Waals surface area contributed by atoms with E-state index in [2.05, 4.69) is 55.5 Å². The molecule has 5 aromatic rings. The minimum atomic E-state index is -0.498. The summed E-state index contributed by atoms with van der Waals surface area (Å²) in [6.07, 6.45) is 0. The van der Waals surface area contributed by atoms with E-state index in [1.165, 1.54) is 5.69 Å². The number of benzene rings is 4. The largest absolute Gasteiger partial charge is 0.366 e. The molecule has 1 fully saturated rings. The number of primary amides is 1. The summed E-state index contributed by atoms with van der Waals surface area (Å²) in [6.45, 7) is 6.36. The van der Waals surface area contributed by atoms with Gasteiger partial charge in [-0.05, 0) is 81.1 Å². The molecule has 7 rings (SSSR count). The quantitative estimate of drug-likeness (QED) is 0.219. The fourth-order valence-corrected chi connectivity index (χ4v) is 7.24. The Kier molecular flexibility index (Phi) is 8.34. The van der Waals surface area contributed by atoms with Crippen LogP contribution in [0.4, 0.5) is 5.69 Å². The number of nitrogens with two attached hydrogens (primary N) is 1. The van der Waals surface area contributed by atoms with Crippen LogP contribution in [-0.2, 0) is 19.6 Å². The van der Waals surface area contributed by atoms with E-state index in [1.54, 1.807) is 0 Å². The molecule has 7 nitrogen and oxygen atoms in total. The van der Waals surface area contributed by atoms with E-state index in [0.29, 0.717) is 22.1 Å². The van der Waals surface area contributed by atoms with Gasteiger partial charge in [0.15, 0.2) is 0 Å². The van der Waals surface area contributed by atoms with Crippen molar-refractivity contribution in [3.05, 3.63) is 136 Å². The van der Waals surface area contributed by atoms with Crippen molar-refractivity contribution in [2.24, 2.45) is 5.73 Å². The van der Waals surface area contributed by atoms with Crippen LogP contribution in [0.3, 0.4) is 0 Å². The van der Waals surface area contributed by atoms with Gasteiger partial charge >= 0.3 is 0 Å². The number of fused-ring (bicyclic) bond motifs is 2. The molecule has 46 heavy (non-hydrogen) atoms. The van der Waals surface area contributed by atoms with Crippen LogP contribution in [-0.4, -0.2) is 59.4 Å². The number of amides is 2. The Morgan fingerprint density at radius 1 is 0.761 bits per heavy atom. The van der Waals surface area contributed by atoms with Crippen molar-refractivity contribution in [1.82, 2.24) is 14.4 Å². The summed E-state index contributed by atoms with van der Waals surface area (Å²) >= 11 is 3.71. The molecule has 8 heteroatoms. The van der Waals surface area contributed by atoms with E-state index >= 15 is 0 Å². The number of nitrogens with zero attached hydrogens (tertiary/aromatic N) is 4. The predicted molar refractivity (Wildman–Crippen MR) is 187 cm³/mol. The average molecular weight is 675 g/mol. The van der Waals surface area contributed by atoms with E-state index in [4.69, 9.17) is 5.73 Å². The first-order valence-electron chi connectivity index (χ1n) is 15.6. The van der Waals surface area contributed by atoms with Crippen molar-refractivity contribution < 1.29 is 9.59 Å². The average Bonchev–Trinajstić information content (AvgIpc) is 3.35. The molecule has 0 unspecified atom stereocenters. The molecule has 0 saturated carbocycles. The Morgan fingerprint density at radius 3 is 2.22 bits per heavy atom. The summed E-state index contributed by atoms with van der Waals surface area (Å²) < 4.78 is 3.04. The zero-order valence-electron chi connectivity index (χ0n) is 25.8. The van der Waals surface area contributed by atoms with Crippen molar-refractivity contribution >= 4 is 33.4 Å². The van der Waals surface area contributed by atoms with Crippen LogP contribution in [0.2, 0.25) is 0 Å². The lowest BCUT2D eigenvalue weighted by atomic mass is 9.91. The van der Waals surface area contributed by atoms with Crippen LogP contribution < -0.4 is 10.6 Å². The predicted octanol–water partition coefficient (Wildman–Crippen LogP) is 6.64. The Hall–Kier alpha value is -4.50. The van der Waals surface area contributed by atoms with E-state index in [0.717, 1.165) is 78.5 Å². The second-order valence-electron chi connectivity index (χ2n) is 12.2. The number of hydrogen-bond acceptors (Lipinski definition) is 4. The standard InChI is InChI=1S/C38H36BrN5O2/c1-41-18-20-42(21-19-41)24-29-15-16-30-25-44(35-13-6-5-10-28(35)23-43(29)30)38(46)33-17-14-27(22-34(33)39)32-12-7-11-31(36(32)37(40)45)26-8-3-2-4-9-26/h2-17,22H,18-21,23-25H2,1H3,(H2,40,45). The monoisotopic (exact) mass is 673 g/mol. The third kappa shape index (κ3) is 5.80. The van der Waals surface area contributed by atoms with Gasteiger partial charge in [-0.1, -0.05) is 72.8 Å². The molecule has 1 saturated heterocycles. The van der Waals surface area contributed by atoms with Crippen LogP contribution in [0.1, 0.15) is 37.7 Å². The Bertz CT molecular complexity index is 1930. The molecule has 0 aliphatic carbocycles. The number of likely N-dealkylation sites (N-methyl/N-ethyl adjacent to an activating group) is 1. The number of hydrogen-bond donors (Lipinski definition) is 1. The SMILES string of the molecule is CN1CCN(Cc2ccc3n2Cc2ccccc2N(C(=O)c2ccc(-c4cccc(-c5ccccc5)c4C(N)=O)cc2Br)C3)CC1. The van der Waals surface area contributed by atoms with Gasteiger partial charge < -0.3 is 20.1 Å². The number of anilines is 1. The molecule has 3 heterocycles. The summed E-state index contributed by atoms with van der Waals surface area (Å²) in [4.78, 5) is 33.9. The second kappa shape index (κ2) is 12.7. The lowest BCUT2D eigenvalue weighted by molar-refractivity contribution is 0.0980. The van der Waals surface area contributed by atoms with Crippen LogP contribution >= 0.6 is 15.9 Å². The second-order valence-corrected chi connectivity index (χ2v) is 13.0. The van der Waals surface area contributed by atoms with Crippen LogP contribution in [0.25, 0.3) is 22.3 Å². The Morgan fingerprint density at radius 2 is 1.48 bits per heavy atom. The van der Waals surface area contributed by atoms with Crippen molar-refractivity contribution in [3.8, 4) is 22.3 Å². The maximum Gasteiger partial charge on any atom is 0.259 e. The number of carbonyl (C=O) groups excluding carboxylic acids is 2. The van der Waals surface area contributed by atoms with Gasteiger partial charge in [0.25, 0.3) is 5.91 Å². The molecule has 2 N–H and O–H groups in total. The number of para-hydroxylation sites is 1. The van der Waals surface area contributed by atoms with E-state index in [1.807, 2.05) is 89.8 Å². The minimum absolute atomic E-state index is 0.0886. The molecule has 2 aliphatic heterocycles. The number of halogens is 1. The van der Waals surface area contributed by atoms with Crippen LogP contribution in [0.15, 0.2) is 108 Å². The molecular weight excluding hydrogens is 638 g/mol. The summed E-state index contributed by atoms with van der Waals surface area (Å²) in [5.41, 5.74) is 14.6. The summed E-state index contributed by atoms with van der Waals surface area (Å²) in [7, 11) is 2.18. The summed E-state index contributed by atoms with van der Waals surface area (Å²) in [6, 6.07) is 33.7. The lowest BCUT2D eigenvalue weighted by Crippen LogP contribution is -2.44. The first kappa shape index (κ1) is 30.2. The van der Waals surface area contributed by atoms with Crippen molar-refractivity contribution in [2.75, 3.05) is 38.1 Å². The summed E-state index contributed by atoms with van der Waals surface area (Å²) in [5, 5.41) is 0. The van der Waals surface area contributed by atoms with Crippen LogP contribution in [0, 0.1) is 0 Å². The minimum Gasteiger partial charge on any atom is -0.366 e. The molecule has 2 amide bonds. The van der Waals surface area contributed by atoms with Gasteiger partial charge in [0.1, 0.15) is 0 Å². The van der Waals surface area contributed by atoms with Gasteiger partial charge in [-0.3, -0.25) is 14.5 Å². The topological polar surface area (TPSA) is 74.8 Å². The highest BCUT2D eigenvalue weighted by Crippen LogP contribution is 2.36. The molecule has 0 atom stereocenters. The molecule has 1 aromatic heterocycles. The maximum atomic E-state index is 14.4. The third-order valence-corrected chi connectivity index (χ3v) is 9.88. The smallest absolute Gasteiger partial charge is 0.259 e. The van der Waals surface area contributed by atoms with Crippen molar-refractivity contribution in [2.45, 2.75) is 19.6 Å². The van der Waals surface area contributed by atoms with E-state index in [9.17, 15) is 9.59 Å². The lowest BCUT2D eigenvalue weighted by Gasteiger charge is -2.32. The molecule has 232 valence electrons. The number of piperazine rings is 1. The van der Waals surface area contributed by atoms with E-state index in [-0.39, 0.29) is 5.91 Å². The first-order valence-corrected chi connectivity index (χ1v) is 16.4. The van der Waals surface area contributed by atoms with Gasteiger partial charge in [-0.15, -0.1) is 0 Å². The highest BCUT2D eigenvalue weighted by molar-refractivity contribution is 9.10. The highest BCUT2D eigenvalue weighted by atomic mass is 79.9. The molecule has 0 bridgehead atoms. The summed E-state index contributed by atoms with van der Waals surface area (Å²) in [5.74, 6) is -0.587. The molecule has 4 aromatic carbocycles. The number of aromatic nitrogens is 1. The van der Waals surface area contributed by atoms with E-state index < -0.39 is 5.91 Å². The highest BCUT2D eigenvalue weighted by Gasteiger charge is 2.28. The van der Waals surface area contributed by atoms with Gasteiger partial charge in [0.05, 0.1) is 17.7 Å². The van der Waals surface area contributed by atoms with Gasteiger partial charge in [-0.2, -0.15) is 0 Å². The van der Waals surface area contributed by atoms with Gasteiger partial charge in [-0.25, -0.2) is 0 Å². The van der Waals surface area contributed by atoms with Crippen molar-refractivity contribution in [3.63, 3.8) is 0 Å². The maximum absolute atomic E-state index is 14.4.